The van der Waals surface area contributed by atoms with Crippen LogP contribution in [0.15, 0.2) is 48.5 Å². The van der Waals surface area contributed by atoms with Crippen LogP contribution in [0.25, 0.3) is 0 Å². The van der Waals surface area contributed by atoms with Crippen molar-refractivity contribution in [3.63, 3.8) is 0 Å². The fourth-order valence-electron chi connectivity index (χ4n) is 2.07. The number of rotatable bonds is 3. The van der Waals surface area contributed by atoms with Crippen molar-refractivity contribution in [2.24, 2.45) is 5.73 Å². The van der Waals surface area contributed by atoms with Crippen LogP contribution >= 0.6 is 0 Å². The predicted octanol–water partition coefficient (Wildman–Crippen LogP) is 0.886. The molecule has 8 nitrogen and oxygen atoms in total. The molecule has 128 valence electrons. The van der Waals surface area contributed by atoms with Gasteiger partial charge in [-0.2, -0.15) is 0 Å². The first-order chi connectivity index (χ1) is 11.8. The summed E-state index contributed by atoms with van der Waals surface area (Å²) in [6.45, 7) is 1.17. The Bertz CT molecular complexity index is 829. The molecule has 0 heterocycles. The van der Waals surface area contributed by atoms with Crippen molar-refractivity contribution in [2.45, 2.75) is 6.92 Å². The summed E-state index contributed by atoms with van der Waals surface area (Å²) in [6, 6.07) is 11.6. The highest BCUT2D eigenvalue weighted by atomic mass is 16.2. The molecule has 0 saturated carbocycles. The average molecular weight is 340 g/mol. The number of hydrogen-bond acceptors (Lipinski definition) is 5. The zero-order valence-corrected chi connectivity index (χ0v) is 13.4. The van der Waals surface area contributed by atoms with Crippen LogP contribution in [0.2, 0.25) is 0 Å². The standard InChI is InChI=1S/C17H16N4O4/c1-10(22)21(14-8-4-12(18)5-9-14)17(25)16(24)20-13-6-2-11(3-7-13)15(19)23/h2-9H,18H2,1H3,(H2,19,23)(H,20,24). The van der Waals surface area contributed by atoms with Gasteiger partial charge in [-0.15, -0.1) is 0 Å². The SMILES string of the molecule is CC(=O)N(C(=O)C(=O)Nc1ccc(C(N)=O)cc1)c1ccc(N)cc1. The van der Waals surface area contributed by atoms with E-state index in [1.165, 1.54) is 55.5 Å². The number of benzene rings is 2. The molecule has 4 amide bonds. The Morgan fingerprint density at radius 3 is 1.96 bits per heavy atom. The highest BCUT2D eigenvalue weighted by molar-refractivity contribution is 6.48. The Kier molecular flexibility index (Phi) is 5.13. The second-order valence-corrected chi connectivity index (χ2v) is 5.15. The highest BCUT2D eigenvalue weighted by Gasteiger charge is 2.26. The summed E-state index contributed by atoms with van der Waals surface area (Å²) in [7, 11) is 0. The van der Waals surface area contributed by atoms with E-state index in [4.69, 9.17) is 11.5 Å². The minimum absolute atomic E-state index is 0.228. The second kappa shape index (κ2) is 7.26. The van der Waals surface area contributed by atoms with E-state index >= 15 is 0 Å². The lowest BCUT2D eigenvalue weighted by atomic mass is 10.2. The van der Waals surface area contributed by atoms with Crippen molar-refractivity contribution in [2.75, 3.05) is 16.0 Å². The van der Waals surface area contributed by atoms with Gasteiger partial charge in [0.05, 0.1) is 5.69 Å². The summed E-state index contributed by atoms with van der Waals surface area (Å²) in [5.74, 6) is -3.27. The molecule has 0 aliphatic heterocycles. The fraction of sp³-hybridized carbons (Fsp3) is 0.0588. The van der Waals surface area contributed by atoms with Gasteiger partial charge in [-0.05, 0) is 48.5 Å². The van der Waals surface area contributed by atoms with Crippen molar-refractivity contribution in [1.82, 2.24) is 0 Å². The van der Waals surface area contributed by atoms with Crippen molar-refractivity contribution >= 4 is 40.7 Å². The Hall–Kier alpha value is -3.68. The predicted molar refractivity (Wildman–Crippen MR) is 92.6 cm³/mol. The summed E-state index contributed by atoms with van der Waals surface area (Å²) in [5, 5.41) is 2.37. The minimum Gasteiger partial charge on any atom is -0.399 e. The molecular weight excluding hydrogens is 324 g/mol. The first kappa shape index (κ1) is 17.7. The minimum atomic E-state index is -1.05. The zero-order chi connectivity index (χ0) is 18.6. The molecule has 0 aliphatic rings. The van der Waals surface area contributed by atoms with Crippen molar-refractivity contribution in [3.8, 4) is 0 Å². The number of carbonyl (C=O) groups excluding carboxylic acids is 4. The third-order valence-electron chi connectivity index (χ3n) is 3.29. The normalized spacial score (nSPS) is 9.96. The molecule has 0 bridgehead atoms. The molecule has 0 unspecified atom stereocenters. The number of nitrogens with zero attached hydrogens (tertiary/aromatic N) is 1. The van der Waals surface area contributed by atoms with E-state index in [2.05, 4.69) is 5.32 Å². The zero-order valence-electron chi connectivity index (χ0n) is 13.4. The van der Waals surface area contributed by atoms with E-state index in [0.29, 0.717) is 5.69 Å². The fourth-order valence-corrected chi connectivity index (χ4v) is 2.07. The molecule has 5 N–H and O–H groups in total. The van der Waals surface area contributed by atoms with Crippen LogP contribution in [-0.2, 0) is 14.4 Å². The number of imide groups is 1. The number of nitrogens with one attached hydrogen (secondary N) is 1. The van der Waals surface area contributed by atoms with Crippen LogP contribution in [0.5, 0.6) is 0 Å². The smallest absolute Gasteiger partial charge is 0.323 e. The third-order valence-corrected chi connectivity index (χ3v) is 3.29. The molecule has 2 rings (SSSR count). The van der Waals surface area contributed by atoms with Gasteiger partial charge >= 0.3 is 11.8 Å². The quantitative estimate of drug-likeness (QED) is 0.563. The van der Waals surface area contributed by atoms with E-state index < -0.39 is 23.6 Å². The molecular formula is C17H16N4O4. The summed E-state index contributed by atoms with van der Waals surface area (Å²) < 4.78 is 0. The number of carbonyl (C=O) groups is 4. The molecule has 8 heteroatoms. The van der Waals surface area contributed by atoms with Crippen LogP contribution in [0, 0.1) is 0 Å². The monoisotopic (exact) mass is 340 g/mol. The number of nitrogens with two attached hydrogens (primary N) is 2. The molecule has 0 atom stereocenters. The van der Waals surface area contributed by atoms with Crippen LogP contribution in [-0.4, -0.2) is 23.6 Å². The van der Waals surface area contributed by atoms with E-state index in [-0.39, 0.29) is 16.9 Å². The molecule has 0 aliphatic carbocycles. The molecule has 0 aromatic heterocycles. The van der Waals surface area contributed by atoms with Gasteiger partial charge < -0.3 is 16.8 Å². The van der Waals surface area contributed by atoms with Crippen LogP contribution < -0.4 is 21.7 Å². The van der Waals surface area contributed by atoms with E-state index in [9.17, 15) is 19.2 Å². The number of anilines is 3. The number of amides is 4. The summed E-state index contributed by atoms with van der Waals surface area (Å²) in [4.78, 5) is 48.0. The van der Waals surface area contributed by atoms with Gasteiger partial charge in [-0.25, -0.2) is 4.90 Å². The summed E-state index contributed by atoms with van der Waals surface area (Å²) >= 11 is 0. The van der Waals surface area contributed by atoms with E-state index in [1.807, 2.05) is 0 Å². The number of hydrogen-bond donors (Lipinski definition) is 3. The lowest BCUT2D eigenvalue weighted by molar-refractivity contribution is -0.136. The number of primary amides is 1. The maximum atomic E-state index is 12.3. The lowest BCUT2D eigenvalue weighted by Gasteiger charge is -2.18. The topological polar surface area (TPSA) is 136 Å². The Labute approximate surface area is 143 Å². The van der Waals surface area contributed by atoms with Gasteiger partial charge in [0.1, 0.15) is 0 Å². The Morgan fingerprint density at radius 1 is 0.920 bits per heavy atom. The van der Waals surface area contributed by atoms with Gasteiger partial charge in [0, 0.05) is 23.9 Å². The third kappa shape index (κ3) is 4.20. The van der Waals surface area contributed by atoms with Gasteiger partial charge in [-0.3, -0.25) is 19.2 Å². The average Bonchev–Trinajstić information content (AvgIpc) is 2.57. The number of nitrogen functional groups attached to an aromatic ring is 1. The Balaban J connectivity index is 2.18. The summed E-state index contributed by atoms with van der Waals surface area (Å²) in [5.41, 5.74) is 11.9. The van der Waals surface area contributed by atoms with Crippen molar-refractivity contribution in [3.05, 3.63) is 54.1 Å². The molecule has 0 spiro atoms. The molecule has 0 radical (unpaired) electrons. The highest BCUT2D eigenvalue weighted by Crippen LogP contribution is 2.17. The van der Waals surface area contributed by atoms with E-state index in [1.54, 1.807) is 0 Å². The summed E-state index contributed by atoms with van der Waals surface area (Å²) in [6.07, 6.45) is 0. The van der Waals surface area contributed by atoms with E-state index in [0.717, 1.165) is 4.90 Å². The van der Waals surface area contributed by atoms with Crippen LogP contribution in [0.1, 0.15) is 17.3 Å². The molecule has 2 aromatic carbocycles. The van der Waals surface area contributed by atoms with Crippen LogP contribution in [0.4, 0.5) is 17.1 Å². The lowest BCUT2D eigenvalue weighted by Crippen LogP contribution is -2.42. The molecule has 2 aromatic rings. The van der Waals surface area contributed by atoms with Gasteiger partial charge in [0.2, 0.25) is 11.8 Å². The Morgan fingerprint density at radius 2 is 1.48 bits per heavy atom. The first-order valence-corrected chi connectivity index (χ1v) is 7.21. The maximum absolute atomic E-state index is 12.3. The largest absolute Gasteiger partial charge is 0.399 e. The molecule has 25 heavy (non-hydrogen) atoms. The van der Waals surface area contributed by atoms with Crippen molar-refractivity contribution < 1.29 is 19.2 Å². The van der Waals surface area contributed by atoms with Gasteiger partial charge in [-0.1, -0.05) is 0 Å². The van der Waals surface area contributed by atoms with Crippen molar-refractivity contribution in [1.29, 1.82) is 0 Å². The van der Waals surface area contributed by atoms with Gasteiger partial charge in [0.25, 0.3) is 0 Å². The second-order valence-electron chi connectivity index (χ2n) is 5.15. The first-order valence-electron chi connectivity index (χ1n) is 7.21. The molecule has 0 fully saturated rings. The van der Waals surface area contributed by atoms with Crippen LogP contribution in [0.3, 0.4) is 0 Å². The van der Waals surface area contributed by atoms with Gasteiger partial charge in [0.15, 0.2) is 0 Å². The molecule has 0 saturated heterocycles. The maximum Gasteiger partial charge on any atom is 0.323 e.